The number of hydrogen-bond acceptors (Lipinski definition) is 4. The Morgan fingerprint density at radius 2 is 2.26 bits per heavy atom. The molecule has 0 amide bonds. The fraction of sp³-hybridized carbons (Fsp3) is 0.231. The summed E-state index contributed by atoms with van der Waals surface area (Å²) >= 11 is 7.55. The molecule has 0 aliphatic carbocycles. The van der Waals surface area contributed by atoms with E-state index in [0.717, 1.165) is 10.6 Å². The molecule has 0 bridgehead atoms. The predicted molar refractivity (Wildman–Crippen MR) is 74.4 cm³/mol. The van der Waals surface area contributed by atoms with Crippen LogP contribution < -0.4 is 0 Å². The summed E-state index contributed by atoms with van der Waals surface area (Å²) in [5.41, 5.74) is 1.57. The number of aromatic nitrogens is 1. The summed E-state index contributed by atoms with van der Waals surface area (Å²) in [5.74, 6) is -0.985. The second kappa shape index (κ2) is 6.14. The van der Waals surface area contributed by atoms with Crippen LogP contribution in [-0.4, -0.2) is 22.2 Å². The van der Waals surface area contributed by atoms with Crippen LogP contribution in [0.3, 0.4) is 0 Å². The summed E-state index contributed by atoms with van der Waals surface area (Å²) in [4.78, 5) is 15.0. The van der Waals surface area contributed by atoms with Crippen molar-refractivity contribution in [3.63, 3.8) is 0 Å². The van der Waals surface area contributed by atoms with E-state index < -0.39 is 12.1 Å². The molecule has 0 radical (unpaired) electrons. The number of carboxylic acid groups (broad SMARTS) is 1. The Balaban J connectivity index is 2.08. The lowest BCUT2D eigenvalue weighted by Gasteiger charge is -2.05. The quantitative estimate of drug-likeness (QED) is 0.918. The number of benzene rings is 1. The Labute approximate surface area is 119 Å². The molecule has 2 aromatic rings. The molecule has 2 rings (SSSR count). The smallest absolute Gasteiger partial charge is 0.332 e. The van der Waals surface area contributed by atoms with Crippen LogP contribution in [0.15, 0.2) is 29.6 Å². The lowest BCUT2D eigenvalue weighted by atomic mass is 10.2. The third-order valence-electron chi connectivity index (χ3n) is 2.48. The van der Waals surface area contributed by atoms with Gasteiger partial charge in [0.1, 0.15) is 5.01 Å². The summed E-state index contributed by atoms with van der Waals surface area (Å²) in [6, 6.07) is 7.45. The Morgan fingerprint density at radius 3 is 2.95 bits per heavy atom. The highest BCUT2D eigenvalue weighted by Gasteiger charge is 2.13. The molecule has 0 aliphatic heterocycles. The van der Waals surface area contributed by atoms with Gasteiger partial charge in [0.2, 0.25) is 0 Å². The summed E-state index contributed by atoms with van der Waals surface area (Å²) in [6.45, 7) is 1.66. The van der Waals surface area contributed by atoms with Gasteiger partial charge in [-0.25, -0.2) is 9.78 Å². The van der Waals surface area contributed by atoms with Crippen molar-refractivity contribution < 1.29 is 14.6 Å². The van der Waals surface area contributed by atoms with Crippen LogP contribution in [0, 0.1) is 0 Å². The first kappa shape index (κ1) is 14.0. The molecule has 100 valence electrons. The van der Waals surface area contributed by atoms with Gasteiger partial charge in [-0.15, -0.1) is 11.3 Å². The minimum Gasteiger partial charge on any atom is -0.479 e. The SMILES string of the molecule is C[C@@H](OCc1csc(-c2ccccc2Cl)n1)C(=O)O. The molecule has 0 saturated heterocycles. The van der Waals surface area contributed by atoms with Crippen molar-refractivity contribution in [1.29, 1.82) is 0 Å². The van der Waals surface area contributed by atoms with Crippen molar-refractivity contribution in [2.75, 3.05) is 0 Å². The van der Waals surface area contributed by atoms with Gasteiger partial charge in [0.25, 0.3) is 0 Å². The molecule has 0 saturated carbocycles. The van der Waals surface area contributed by atoms with Gasteiger partial charge >= 0.3 is 5.97 Å². The van der Waals surface area contributed by atoms with Gasteiger partial charge in [0.15, 0.2) is 6.10 Å². The van der Waals surface area contributed by atoms with E-state index in [9.17, 15) is 4.79 Å². The van der Waals surface area contributed by atoms with Crippen molar-refractivity contribution in [3.8, 4) is 10.6 Å². The first-order valence-electron chi connectivity index (χ1n) is 5.61. The normalized spacial score (nSPS) is 12.3. The van der Waals surface area contributed by atoms with E-state index in [1.807, 2.05) is 23.6 Å². The molecule has 0 fully saturated rings. The van der Waals surface area contributed by atoms with Gasteiger partial charge in [0, 0.05) is 10.9 Å². The number of ether oxygens (including phenoxy) is 1. The Hall–Kier alpha value is -1.43. The maximum Gasteiger partial charge on any atom is 0.332 e. The average Bonchev–Trinajstić information content (AvgIpc) is 2.85. The molecule has 6 heteroatoms. The summed E-state index contributed by atoms with van der Waals surface area (Å²) in [7, 11) is 0. The van der Waals surface area contributed by atoms with E-state index >= 15 is 0 Å². The zero-order valence-electron chi connectivity index (χ0n) is 10.2. The Kier molecular flexibility index (Phi) is 4.52. The first-order chi connectivity index (χ1) is 9.08. The van der Waals surface area contributed by atoms with Gasteiger partial charge in [0.05, 0.1) is 17.3 Å². The van der Waals surface area contributed by atoms with Crippen LogP contribution in [0.5, 0.6) is 0 Å². The van der Waals surface area contributed by atoms with E-state index in [1.165, 1.54) is 18.3 Å². The molecule has 1 aromatic carbocycles. The number of nitrogens with zero attached hydrogens (tertiary/aromatic N) is 1. The fourth-order valence-electron chi connectivity index (χ4n) is 1.41. The highest BCUT2D eigenvalue weighted by molar-refractivity contribution is 7.13. The average molecular weight is 298 g/mol. The number of thiazole rings is 1. The van der Waals surface area contributed by atoms with Gasteiger partial charge in [-0.1, -0.05) is 29.8 Å². The molecule has 0 aliphatic rings. The summed E-state index contributed by atoms with van der Waals surface area (Å²) in [5, 5.41) is 12.0. The maximum absolute atomic E-state index is 10.6. The summed E-state index contributed by atoms with van der Waals surface area (Å²) < 4.78 is 5.18. The molecular formula is C13H12ClNO3S. The molecular weight excluding hydrogens is 286 g/mol. The van der Waals surface area contributed by atoms with E-state index in [-0.39, 0.29) is 6.61 Å². The van der Waals surface area contributed by atoms with Crippen LogP contribution >= 0.6 is 22.9 Å². The highest BCUT2D eigenvalue weighted by atomic mass is 35.5. The van der Waals surface area contributed by atoms with E-state index in [2.05, 4.69) is 4.98 Å². The fourth-order valence-corrected chi connectivity index (χ4v) is 2.54. The number of carbonyl (C=O) groups is 1. The number of rotatable bonds is 5. The van der Waals surface area contributed by atoms with Crippen molar-refractivity contribution in [2.45, 2.75) is 19.6 Å². The highest BCUT2D eigenvalue weighted by Crippen LogP contribution is 2.30. The maximum atomic E-state index is 10.6. The molecule has 19 heavy (non-hydrogen) atoms. The van der Waals surface area contributed by atoms with Gasteiger partial charge < -0.3 is 9.84 Å². The van der Waals surface area contributed by atoms with Crippen molar-refractivity contribution in [2.24, 2.45) is 0 Å². The van der Waals surface area contributed by atoms with E-state index in [1.54, 1.807) is 6.07 Å². The van der Waals surface area contributed by atoms with Gasteiger partial charge in [-0.3, -0.25) is 0 Å². The standard InChI is InChI=1S/C13H12ClNO3S/c1-8(13(16)17)18-6-9-7-19-12(15-9)10-4-2-3-5-11(10)14/h2-5,7-8H,6H2,1H3,(H,16,17)/t8-/m1/s1. The Bertz CT molecular complexity index is 585. The summed E-state index contributed by atoms with van der Waals surface area (Å²) in [6.07, 6.45) is -0.842. The molecule has 1 N–H and O–H groups in total. The lowest BCUT2D eigenvalue weighted by molar-refractivity contribution is -0.149. The van der Waals surface area contributed by atoms with Crippen LogP contribution in [0.4, 0.5) is 0 Å². The molecule has 0 spiro atoms. The number of carboxylic acids is 1. The molecule has 0 unspecified atom stereocenters. The van der Waals surface area contributed by atoms with Gasteiger partial charge in [-0.05, 0) is 13.0 Å². The second-order valence-electron chi connectivity index (χ2n) is 3.92. The van der Waals surface area contributed by atoms with Gasteiger partial charge in [-0.2, -0.15) is 0 Å². The Morgan fingerprint density at radius 1 is 1.53 bits per heavy atom. The van der Waals surface area contributed by atoms with Crippen LogP contribution in [0.2, 0.25) is 5.02 Å². The first-order valence-corrected chi connectivity index (χ1v) is 6.87. The topological polar surface area (TPSA) is 59.4 Å². The largest absolute Gasteiger partial charge is 0.479 e. The lowest BCUT2D eigenvalue weighted by Crippen LogP contribution is -2.19. The van der Waals surface area contributed by atoms with Crippen LogP contribution in [0.25, 0.3) is 10.6 Å². The minimum atomic E-state index is -0.985. The third-order valence-corrected chi connectivity index (χ3v) is 3.74. The van der Waals surface area contributed by atoms with Crippen LogP contribution in [0.1, 0.15) is 12.6 Å². The molecule has 1 atom stereocenters. The predicted octanol–water partition coefficient (Wildman–Crippen LogP) is 3.45. The zero-order chi connectivity index (χ0) is 13.8. The molecule has 1 heterocycles. The van der Waals surface area contributed by atoms with E-state index in [4.69, 9.17) is 21.4 Å². The van der Waals surface area contributed by atoms with Crippen molar-refractivity contribution in [1.82, 2.24) is 4.98 Å². The number of aliphatic carboxylic acids is 1. The number of hydrogen-bond donors (Lipinski definition) is 1. The number of halogens is 1. The monoisotopic (exact) mass is 297 g/mol. The minimum absolute atomic E-state index is 0.175. The van der Waals surface area contributed by atoms with Crippen molar-refractivity contribution in [3.05, 3.63) is 40.4 Å². The second-order valence-corrected chi connectivity index (χ2v) is 5.18. The third kappa shape index (κ3) is 3.53. The molecule has 4 nitrogen and oxygen atoms in total. The van der Waals surface area contributed by atoms with Crippen LogP contribution in [-0.2, 0) is 16.1 Å². The van der Waals surface area contributed by atoms with E-state index in [0.29, 0.717) is 10.7 Å². The van der Waals surface area contributed by atoms with Crippen molar-refractivity contribution >= 4 is 28.9 Å². The zero-order valence-corrected chi connectivity index (χ0v) is 11.7. The molecule has 1 aromatic heterocycles.